The molecule has 0 bridgehead atoms. The smallest absolute Gasteiger partial charge is 0.250 e. The Morgan fingerprint density at radius 2 is 2.06 bits per heavy atom. The fraction of sp³-hybridized carbons (Fsp3) is 0.600. The van der Waals surface area contributed by atoms with Gasteiger partial charge in [-0.05, 0) is 12.0 Å². The van der Waals surface area contributed by atoms with Crippen molar-refractivity contribution in [1.82, 2.24) is 4.72 Å². The number of hydrogen-bond donors (Lipinski definition) is 2. The third kappa shape index (κ3) is 3.47. The summed E-state index contributed by atoms with van der Waals surface area (Å²) in [7, 11) is -3.37. The zero-order valence-corrected chi connectivity index (χ0v) is 11.2. The SMILES string of the molecule is CCC(CC)CNS(=O)(=O)c1cc(N)cs1. The maximum absolute atomic E-state index is 11.8. The normalized spacial score (nSPS) is 12.2. The third-order valence-corrected chi connectivity index (χ3v) is 5.46. The minimum absolute atomic E-state index is 0.288. The summed E-state index contributed by atoms with van der Waals surface area (Å²) in [5.41, 5.74) is 6.00. The van der Waals surface area contributed by atoms with E-state index < -0.39 is 10.0 Å². The Balaban J connectivity index is 2.66. The standard InChI is InChI=1S/C10H18N2O2S2/c1-3-8(4-2)6-12-16(13,14)10-5-9(11)7-15-10/h5,7-8,12H,3-4,6,11H2,1-2H3. The van der Waals surface area contributed by atoms with E-state index in [1.807, 2.05) is 0 Å². The first-order chi connectivity index (χ1) is 7.49. The monoisotopic (exact) mass is 262 g/mol. The van der Waals surface area contributed by atoms with E-state index >= 15 is 0 Å². The lowest BCUT2D eigenvalue weighted by molar-refractivity contribution is 0.479. The summed E-state index contributed by atoms with van der Waals surface area (Å²) in [6.45, 7) is 4.62. The Morgan fingerprint density at radius 1 is 1.44 bits per heavy atom. The van der Waals surface area contributed by atoms with Crippen LogP contribution in [0.5, 0.6) is 0 Å². The lowest BCUT2D eigenvalue weighted by Crippen LogP contribution is -2.28. The molecule has 0 amide bonds. The van der Waals surface area contributed by atoms with Gasteiger partial charge in [-0.25, -0.2) is 13.1 Å². The summed E-state index contributed by atoms with van der Waals surface area (Å²) >= 11 is 1.15. The summed E-state index contributed by atoms with van der Waals surface area (Å²) in [6, 6.07) is 1.49. The minimum Gasteiger partial charge on any atom is -0.398 e. The number of thiophene rings is 1. The highest BCUT2D eigenvalue weighted by Crippen LogP contribution is 2.21. The van der Waals surface area contributed by atoms with Crippen LogP contribution in [0.3, 0.4) is 0 Å². The van der Waals surface area contributed by atoms with Crippen molar-refractivity contribution in [3.8, 4) is 0 Å². The molecule has 0 saturated carbocycles. The van der Waals surface area contributed by atoms with Gasteiger partial charge in [0.25, 0.3) is 0 Å². The summed E-state index contributed by atoms with van der Waals surface area (Å²) < 4.78 is 26.6. The van der Waals surface area contributed by atoms with Crippen LogP contribution in [0.15, 0.2) is 15.7 Å². The van der Waals surface area contributed by atoms with Crippen LogP contribution in [0.1, 0.15) is 26.7 Å². The van der Waals surface area contributed by atoms with Gasteiger partial charge in [0, 0.05) is 17.6 Å². The van der Waals surface area contributed by atoms with Gasteiger partial charge in [-0.3, -0.25) is 0 Å². The molecule has 0 aliphatic carbocycles. The maximum Gasteiger partial charge on any atom is 0.250 e. The molecule has 4 nitrogen and oxygen atoms in total. The molecule has 0 saturated heterocycles. The van der Waals surface area contributed by atoms with Crippen LogP contribution in [0, 0.1) is 5.92 Å². The Hall–Kier alpha value is -0.590. The molecule has 3 N–H and O–H groups in total. The molecule has 1 heterocycles. The van der Waals surface area contributed by atoms with Crippen LogP contribution >= 0.6 is 11.3 Å². The summed E-state index contributed by atoms with van der Waals surface area (Å²) in [6.07, 6.45) is 1.96. The largest absolute Gasteiger partial charge is 0.398 e. The van der Waals surface area contributed by atoms with Crippen molar-refractivity contribution in [2.24, 2.45) is 5.92 Å². The van der Waals surface area contributed by atoms with Gasteiger partial charge in [0.15, 0.2) is 0 Å². The lowest BCUT2D eigenvalue weighted by Gasteiger charge is -2.12. The number of nitrogens with two attached hydrogens (primary N) is 1. The van der Waals surface area contributed by atoms with Crippen molar-refractivity contribution in [3.63, 3.8) is 0 Å². The van der Waals surface area contributed by atoms with Crippen molar-refractivity contribution in [1.29, 1.82) is 0 Å². The van der Waals surface area contributed by atoms with E-state index in [-0.39, 0.29) is 4.21 Å². The Bertz CT molecular complexity index is 422. The third-order valence-electron chi connectivity index (χ3n) is 2.58. The van der Waals surface area contributed by atoms with Gasteiger partial charge in [0.2, 0.25) is 10.0 Å². The second-order valence-electron chi connectivity index (χ2n) is 3.73. The average molecular weight is 262 g/mol. The maximum atomic E-state index is 11.8. The van der Waals surface area contributed by atoms with E-state index in [9.17, 15) is 8.42 Å². The highest BCUT2D eigenvalue weighted by Gasteiger charge is 2.17. The van der Waals surface area contributed by atoms with Crippen LogP contribution in [0.2, 0.25) is 0 Å². The van der Waals surface area contributed by atoms with Gasteiger partial charge in [-0.2, -0.15) is 0 Å². The molecule has 0 aliphatic rings. The molecular weight excluding hydrogens is 244 g/mol. The number of hydrogen-bond acceptors (Lipinski definition) is 4. The molecule has 0 spiro atoms. The van der Waals surface area contributed by atoms with E-state index in [1.165, 1.54) is 6.07 Å². The summed E-state index contributed by atoms with van der Waals surface area (Å²) in [5, 5.41) is 1.63. The van der Waals surface area contributed by atoms with Crippen LogP contribution < -0.4 is 10.5 Å². The zero-order valence-electron chi connectivity index (χ0n) is 9.56. The molecule has 1 rings (SSSR count). The highest BCUT2D eigenvalue weighted by molar-refractivity contribution is 7.91. The van der Waals surface area contributed by atoms with Gasteiger partial charge >= 0.3 is 0 Å². The Kier molecular flexibility index (Phi) is 4.76. The van der Waals surface area contributed by atoms with E-state index in [4.69, 9.17) is 5.73 Å². The molecule has 0 fully saturated rings. The minimum atomic E-state index is -3.37. The van der Waals surface area contributed by atoms with Gasteiger partial charge in [-0.1, -0.05) is 26.7 Å². The number of nitrogens with one attached hydrogen (secondary N) is 1. The van der Waals surface area contributed by atoms with Crippen LogP contribution in [0.4, 0.5) is 5.69 Å². The Morgan fingerprint density at radius 3 is 2.50 bits per heavy atom. The van der Waals surface area contributed by atoms with Crippen LogP contribution in [-0.4, -0.2) is 15.0 Å². The summed E-state index contributed by atoms with van der Waals surface area (Å²) in [5.74, 6) is 0.395. The first-order valence-corrected chi connectivity index (χ1v) is 7.69. The van der Waals surface area contributed by atoms with Crippen molar-refractivity contribution in [3.05, 3.63) is 11.4 Å². The van der Waals surface area contributed by atoms with E-state index in [0.717, 1.165) is 24.2 Å². The van der Waals surface area contributed by atoms with Gasteiger partial charge < -0.3 is 5.73 Å². The predicted molar refractivity (Wildman–Crippen MR) is 68.0 cm³/mol. The fourth-order valence-corrected chi connectivity index (χ4v) is 3.59. The molecule has 92 valence electrons. The molecule has 0 unspecified atom stereocenters. The molecule has 1 aromatic rings. The molecule has 6 heteroatoms. The van der Waals surface area contributed by atoms with E-state index in [1.54, 1.807) is 5.38 Å². The van der Waals surface area contributed by atoms with Gasteiger partial charge in [-0.15, -0.1) is 11.3 Å². The second kappa shape index (κ2) is 5.65. The van der Waals surface area contributed by atoms with Crippen molar-refractivity contribution in [2.75, 3.05) is 12.3 Å². The van der Waals surface area contributed by atoms with Crippen LogP contribution in [-0.2, 0) is 10.0 Å². The molecule has 0 atom stereocenters. The molecule has 0 radical (unpaired) electrons. The van der Waals surface area contributed by atoms with Gasteiger partial charge in [0.1, 0.15) is 4.21 Å². The van der Waals surface area contributed by atoms with E-state index in [0.29, 0.717) is 18.2 Å². The molecule has 0 aromatic carbocycles. The van der Waals surface area contributed by atoms with Gasteiger partial charge in [0.05, 0.1) is 0 Å². The second-order valence-corrected chi connectivity index (χ2v) is 6.64. The fourth-order valence-electron chi connectivity index (χ4n) is 1.35. The molecule has 16 heavy (non-hydrogen) atoms. The topological polar surface area (TPSA) is 72.2 Å². The number of rotatable bonds is 6. The zero-order chi connectivity index (χ0) is 12.2. The van der Waals surface area contributed by atoms with Crippen molar-refractivity contribution >= 4 is 27.0 Å². The first-order valence-electron chi connectivity index (χ1n) is 5.33. The lowest BCUT2D eigenvalue weighted by atomic mass is 10.0. The average Bonchev–Trinajstić information content (AvgIpc) is 2.67. The first kappa shape index (κ1) is 13.5. The Labute approximate surface area is 101 Å². The predicted octanol–water partition coefficient (Wildman–Crippen LogP) is 2.04. The summed E-state index contributed by atoms with van der Waals surface area (Å²) in [4.78, 5) is 0. The number of nitrogen functional groups attached to an aromatic ring is 1. The molecular formula is C10H18N2O2S2. The highest BCUT2D eigenvalue weighted by atomic mass is 32.2. The molecule has 1 aromatic heterocycles. The number of sulfonamides is 1. The van der Waals surface area contributed by atoms with Crippen molar-refractivity contribution in [2.45, 2.75) is 30.9 Å². The van der Waals surface area contributed by atoms with Crippen molar-refractivity contribution < 1.29 is 8.42 Å². The van der Waals surface area contributed by atoms with Crippen LogP contribution in [0.25, 0.3) is 0 Å². The number of anilines is 1. The molecule has 0 aliphatic heterocycles. The quantitative estimate of drug-likeness (QED) is 0.824. The van der Waals surface area contributed by atoms with E-state index in [2.05, 4.69) is 18.6 Å².